The molecule has 1 amide bonds. The lowest BCUT2D eigenvalue weighted by Crippen LogP contribution is -2.23. The molecule has 6 nitrogen and oxygen atoms in total. The summed E-state index contributed by atoms with van der Waals surface area (Å²) in [5.74, 6) is 0.227. The maximum Gasteiger partial charge on any atom is 0.263 e. The second kappa shape index (κ2) is 9.41. The van der Waals surface area contributed by atoms with Crippen LogP contribution in [0.1, 0.15) is 27.0 Å². The van der Waals surface area contributed by atoms with E-state index < -0.39 is 15.9 Å². The molecule has 0 fully saturated rings. The number of aryl methyl sites for hydroxylation is 2. The summed E-state index contributed by atoms with van der Waals surface area (Å²) in [5.41, 5.74) is 3.26. The first-order chi connectivity index (χ1) is 14.7. The molecule has 3 aromatic carbocycles. The van der Waals surface area contributed by atoms with Gasteiger partial charge in [0.05, 0.1) is 12.1 Å². The quantitative estimate of drug-likeness (QED) is 0.537. The highest BCUT2D eigenvalue weighted by atomic mass is 35.5. The maximum absolute atomic E-state index is 12.9. The molecule has 0 heterocycles. The molecule has 8 heteroatoms. The van der Waals surface area contributed by atoms with Crippen molar-refractivity contribution in [1.29, 1.82) is 0 Å². The molecule has 0 saturated heterocycles. The van der Waals surface area contributed by atoms with Crippen LogP contribution in [-0.2, 0) is 16.6 Å². The predicted molar refractivity (Wildman–Crippen MR) is 122 cm³/mol. The minimum Gasteiger partial charge on any atom is -0.496 e. The number of halogens is 1. The Labute approximate surface area is 187 Å². The van der Waals surface area contributed by atoms with Crippen LogP contribution < -0.4 is 14.8 Å². The largest absolute Gasteiger partial charge is 0.496 e. The van der Waals surface area contributed by atoms with Gasteiger partial charge in [0.25, 0.3) is 15.9 Å². The maximum atomic E-state index is 12.9. The number of nitrogens with one attached hydrogen (secondary N) is 2. The molecule has 3 aromatic rings. The molecule has 31 heavy (non-hydrogen) atoms. The number of rotatable bonds is 7. The molecule has 0 bridgehead atoms. The Kier molecular flexibility index (Phi) is 6.87. The molecule has 2 N–H and O–H groups in total. The fraction of sp³-hybridized carbons (Fsp3) is 0.174. The lowest BCUT2D eigenvalue weighted by molar-refractivity contribution is 0.0950. The number of carbonyl (C=O) groups is 1. The van der Waals surface area contributed by atoms with Crippen molar-refractivity contribution in [3.63, 3.8) is 0 Å². The highest BCUT2D eigenvalue weighted by molar-refractivity contribution is 7.92. The molecule has 3 rings (SSSR count). The van der Waals surface area contributed by atoms with Gasteiger partial charge in [0.2, 0.25) is 0 Å². The van der Waals surface area contributed by atoms with Crippen molar-refractivity contribution in [1.82, 2.24) is 5.32 Å². The van der Waals surface area contributed by atoms with Crippen LogP contribution in [0, 0.1) is 13.8 Å². The van der Waals surface area contributed by atoms with Crippen LogP contribution in [0.15, 0.2) is 65.6 Å². The standard InChI is InChI=1S/C23H23ClN2O4S/c1-15-10-16(2)12-19(11-15)26-31(28,29)22-13-17(8-9-20(22)24)23(27)25-14-18-6-4-5-7-21(18)30-3/h4-13,26H,14H2,1-3H3,(H,25,27). The van der Waals surface area contributed by atoms with Crippen molar-refractivity contribution < 1.29 is 17.9 Å². The van der Waals surface area contributed by atoms with E-state index in [-0.39, 0.29) is 22.0 Å². The van der Waals surface area contributed by atoms with E-state index in [4.69, 9.17) is 16.3 Å². The van der Waals surface area contributed by atoms with E-state index in [2.05, 4.69) is 10.0 Å². The van der Waals surface area contributed by atoms with Gasteiger partial charge in [-0.25, -0.2) is 8.42 Å². The van der Waals surface area contributed by atoms with Crippen LogP contribution in [0.2, 0.25) is 5.02 Å². The van der Waals surface area contributed by atoms with E-state index in [0.29, 0.717) is 11.4 Å². The summed E-state index contributed by atoms with van der Waals surface area (Å²) < 4.78 is 33.7. The van der Waals surface area contributed by atoms with E-state index >= 15 is 0 Å². The number of benzene rings is 3. The summed E-state index contributed by atoms with van der Waals surface area (Å²) in [4.78, 5) is 12.5. The van der Waals surface area contributed by atoms with Crippen LogP contribution >= 0.6 is 11.6 Å². The summed E-state index contributed by atoms with van der Waals surface area (Å²) in [6.45, 7) is 3.99. The van der Waals surface area contributed by atoms with Gasteiger partial charge in [-0.05, 0) is 61.4 Å². The Bertz CT molecular complexity index is 1210. The number of hydrogen-bond acceptors (Lipinski definition) is 4. The van der Waals surface area contributed by atoms with Gasteiger partial charge in [-0.3, -0.25) is 9.52 Å². The van der Waals surface area contributed by atoms with Gasteiger partial charge in [-0.15, -0.1) is 0 Å². The van der Waals surface area contributed by atoms with Crippen molar-refractivity contribution in [3.8, 4) is 5.75 Å². The number of carbonyl (C=O) groups excluding carboxylic acids is 1. The first-order valence-corrected chi connectivity index (χ1v) is 11.4. The number of anilines is 1. The number of amides is 1. The number of hydrogen-bond donors (Lipinski definition) is 2. The Morgan fingerprint density at radius 1 is 1.00 bits per heavy atom. The second-order valence-electron chi connectivity index (χ2n) is 7.12. The zero-order chi connectivity index (χ0) is 22.6. The smallest absolute Gasteiger partial charge is 0.263 e. The van der Waals surface area contributed by atoms with Crippen molar-refractivity contribution >= 4 is 33.2 Å². The van der Waals surface area contributed by atoms with Gasteiger partial charge >= 0.3 is 0 Å². The lowest BCUT2D eigenvalue weighted by Gasteiger charge is -2.13. The summed E-state index contributed by atoms with van der Waals surface area (Å²) in [7, 11) is -2.44. The molecule has 0 unspecified atom stereocenters. The number of sulfonamides is 1. The molecular formula is C23H23ClN2O4S. The number of methoxy groups -OCH3 is 1. The molecule has 162 valence electrons. The number of para-hydroxylation sites is 1. The minimum atomic E-state index is -3.99. The molecule has 0 aliphatic rings. The Balaban J connectivity index is 1.82. The highest BCUT2D eigenvalue weighted by Gasteiger charge is 2.21. The lowest BCUT2D eigenvalue weighted by atomic mass is 10.1. The SMILES string of the molecule is COc1ccccc1CNC(=O)c1ccc(Cl)c(S(=O)(=O)Nc2cc(C)cc(C)c2)c1. The van der Waals surface area contributed by atoms with Crippen LogP contribution in [0.25, 0.3) is 0 Å². The molecule has 0 radical (unpaired) electrons. The molecule has 0 spiro atoms. The van der Waals surface area contributed by atoms with Crippen LogP contribution in [0.5, 0.6) is 5.75 Å². The monoisotopic (exact) mass is 458 g/mol. The van der Waals surface area contributed by atoms with Crippen molar-refractivity contribution in [2.75, 3.05) is 11.8 Å². The third kappa shape index (κ3) is 5.57. The topological polar surface area (TPSA) is 84.5 Å². The van der Waals surface area contributed by atoms with Crippen molar-refractivity contribution in [3.05, 3.63) is 87.9 Å². The fourth-order valence-electron chi connectivity index (χ4n) is 3.22. The van der Waals surface area contributed by atoms with E-state index in [0.717, 1.165) is 16.7 Å². The van der Waals surface area contributed by atoms with E-state index in [1.807, 2.05) is 38.1 Å². The first-order valence-electron chi connectivity index (χ1n) is 9.50. The molecule has 0 aliphatic carbocycles. The van der Waals surface area contributed by atoms with Gasteiger partial charge < -0.3 is 10.1 Å². The summed E-state index contributed by atoms with van der Waals surface area (Å²) in [6, 6.07) is 16.9. The molecular weight excluding hydrogens is 436 g/mol. The fourth-order valence-corrected chi connectivity index (χ4v) is 4.79. The summed E-state index contributed by atoms with van der Waals surface area (Å²) in [6.07, 6.45) is 0. The Hall–Kier alpha value is -3.03. The zero-order valence-corrected chi connectivity index (χ0v) is 19.0. The van der Waals surface area contributed by atoms with E-state index in [9.17, 15) is 13.2 Å². The highest BCUT2D eigenvalue weighted by Crippen LogP contribution is 2.26. The van der Waals surface area contributed by atoms with Gasteiger partial charge in [0, 0.05) is 23.4 Å². The number of ether oxygens (including phenoxy) is 1. The van der Waals surface area contributed by atoms with Gasteiger partial charge in [-0.1, -0.05) is 35.9 Å². The summed E-state index contributed by atoms with van der Waals surface area (Å²) in [5, 5.41) is 2.80. The average Bonchev–Trinajstić information content (AvgIpc) is 2.71. The third-order valence-corrected chi connectivity index (χ3v) is 6.45. The van der Waals surface area contributed by atoms with Crippen LogP contribution in [0.4, 0.5) is 5.69 Å². The van der Waals surface area contributed by atoms with Gasteiger partial charge in [0.1, 0.15) is 10.6 Å². The Morgan fingerprint density at radius 2 is 1.68 bits per heavy atom. The second-order valence-corrected chi connectivity index (χ2v) is 9.18. The first kappa shape index (κ1) is 22.7. The molecule has 0 aromatic heterocycles. The minimum absolute atomic E-state index is 0.0261. The zero-order valence-electron chi connectivity index (χ0n) is 17.4. The predicted octanol–water partition coefficient (Wildman–Crippen LogP) is 4.70. The van der Waals surface area contributed by atoms with Crippen LogP contribution in [-0.4, -0.2) is 21.4 Å². The van der Waals surface area contributed by atoms with E-state index in [1.54, 1.807) is 25.3 Å². The third-order valence-electron chi connectivity index (χ3n) is 4.59. The van der Waals surface area contributed by atoms with E-state index in [1.165, 1.54) is 18.2 Å². The van der Waals surface area contributed by atoms with Gasteiger partial charge in [0.15, 0.2) is 0 Å². The normalized spacial score (nSPS) is 11.1. The van der Waals surface area contributed by atoms with Gasteiger partial charge in [-0.2, -0.15) is 0 Å². The average molecular weight is 459 g/mol. The summed E-state index contributed by atoms with van der Waals surface area (Å²) >= 11 is 6.16. The van der Waals surface area contributed by atoms with Crippen molar-refractivity contribution in [2.24, 2.45) is 0 Å². The van der Waals surface area contributed by atoms with Crippen molar-refractivity contribution in [2.45, 2.75) is 25.3 Å². The molecule has 0 saturated carbocycles. The Morgan fingerprint density at radius 3 is 2.35 bits per heavy atom. The van der Waals surface area contributed by atoms with Crippen LogP contribution in [0.3, 0.4) is 0 Å². The molecule has 0 aliphatic heterocycles. The molecule has 0 atom stereocenters.